The third kappa shape index (κ3) is 3.40. The third-order valence-electron chi connectivity index (χ3n) is 5.46. The molecule has 1 aliphatic heterocycles. The van der Waals surface area contributed by atoms with E-state index in [4.69, 9.17) is 4.52 Å². The van der Waals surface area contributed by atoms with Crippen LogP contribution in [-0.2, 0) is 17.6 Å². The van der Waals surface area contributed by atoms with E-state index in [9.17, 15) is 4.79 Å². The van der Waals surface area contributed by atoms with E-state index < -0.39 is 0 Å². The zero-order chi connectivity index (χ0) is 19.8. The van der Waals surface area contributed by atoms with E-state index in [1.807, 2.05) is 35.2 Å². The number of benzene rings is 2. The van der Waals surface area contributed by atoms with Gasteiger partial charge in [-0.3, -0.25) is 9.89 Å². The normalized spacial score (nSPS) is 16.8. The summed E-state index contributed by atoms with van der Waals surface area (Å²) in [5.41, 5.74) is 4.21. The predicted molar refractivity (Wildman–Crippen MR) is 109 cm³/mol. The van der Waals surface area contributed by atoms with Gasteiger partial charge in [0.15, 0.2) is 5.82 Å². The molecule has 2 aromatic heterocycles. The topological polar surface area (TPSA) is 87.9 Å². The van der Waals surface area contributed by atoms with Crippen molar-refractivity contribution in [1.29, 1.82) is 0 Å². The van der Waals surface area contributed by atoms with Crippen molar-refractivity contribution >= 4 is 22.5 Å². The minimum atomic E-state index is -0.0795. The molecule has 7 heteroatoms. The van der Waals surface area contributed by atoms with Crippen LogP contribution in [-0.4, -0.2) is 32.8 Å². The number of nitrogens with zero attached hydrogens (tertiary/aromatic N) is 4. The minimum Gasteiger partial charge on any atom is -0.339 e. The van der Waals surface area contributed by atoms with Crippen LogP contribution in [0.15, 0.2) is 53.2 Å². The number of H-pyrrole nitrogens is 1. The zero-order valence-electron chi connectivity index (χ0n) is 16.1. The molecule has 7 nitrogen and oxygen atoms in total. The summed E-state index contributed by atoms with van der Waals surface area (Å²) in [7, 11) is 0. The molecule has 0 radical (unpaired) electrons. The lowest BCUT2D eigenvalue weighted by atomic mass is 10.1. The van der Waals surface area contributed by atoms with Crippen LogP contribution in [0, 0.1) is 0 Å². The summed E-state index contributed by atoms with van der Waals surface area (Å²) in [6.45, 7) is 2.67. The quantitative estimate of drug-likeness (QED) is 0.565. The van der Waals surface area contributed by atoms with Crippen molar-refractivity contribution in [2.24, 2.45) is 0 Å². The number of aromatic nitrogens is 4. The van der Waals surface area contributed by atoms with Crippen molar-refractivity contribution in [2.45, 2.75) is 32.1 Å². The highest BCUT2D eigenvalue weighted by Crippen LogP contribution is 2.31. The van der Waals surface area contributed by atoms with Crippen LogP contribution in [0.25, 0.3) is 10.9 Å². The Labute approximate surface area is 167 Å². The highest BCUT2D eigenvalue weighted by molar-refractivity contribution is 5.96. The molecule has 0 aliphatic carbocycles. The van der Waals surface area contributed by atoms with E-state index in [2.05, 4.69) is 39.4 Å². The number of carbonyl (C=O) groups excluding carboxylic acids is 1. The SMILES string of the molecule is CCc1cccc(N2CC(c3nc(Cc4ccc5cn[nH]c5c4)no3)CC2=O)c1. The smallest absolute Gasteiger partial charge is 0.232 e. The van der Waals surface area contributed by atoms with Crippen LogP contribution < -0.4 is 4.90 Å². The Bertz CT molecular complexity index is 1180. The number of rotatable bonds is 5. The minimum absolute atomic E-state index is 0.0795. The van der Waals surface area contributed by atoms with Gasteiger partial charge in [-0.1, -0.05) is 36.3 Å². The molecule has 146 valence electrons. The van der Waals surface area contributed by atoms with Gasteiger partial charge in [-0.15, -0.1) is 0 Å². The van der Waals surface area contributed by atoms with E-state index in [1.54, 1.807) is 6.20 Å². The fraction of sp³-hybridized carbons (Fsp3) is 0.273. The molecular weight excluding hydrogens is 366 g/mol. The van der Waals surface area contributed by atoms with Gasteiger partial charge < -0.3 is 9.42 Å². The molecule has 1 fully saturated rings. The molecular formula is C22H21N5O2. The number of aromatic amines is 1. The van der Waals surface area contributed by atoms with Crippen LogP contribution in [0.5, 0.6) is 0 Å². The van der Waals surface area contributed by atoms with E-state index in [0.29, 0.717) is 31.1 Å². The van der Waals surface area contributed by atoms with Crippen LogP contribution in [0.1, 0.15) is 42.1 Å². The van der Waals surface area contributed by atoms with Gasteiger partial charge in [0.25, 0.3) is 0 Å². The highest BCUT2D eigenvalue weighted by Gasteiger charge is 2.35. The monoisotopic (exact) mass is 387 g/mol. The molecule has 0 bridgehead atoms. The maximum atomic E-state index is 12.6. The van der Waals surface area contributed by atoms with Crippen LogP contribution >= 0.6 is 0 Å². The van der Waals surface area contributed by atoms with E-state index in [0.717, 1.165) is 28.6 Å². The lowest BCUT2D eigenvalue weighted by Crippen LogP contribution is -2.24. The van der Waals surface area contributed by atoms with Gasteiger partial charge >= 0.3 is 0 Å². The van der Waals surface area contributed by atoms with Crippen molar-refractivity contribution in [2.75, 3.05) is 11.4 Å². The molecule has 1 atom stereocenters. The van der Waals surface area contributed by atoms with Crippen molar-refractivity contribution in [1.82, 2.24) is 20.3 Å². The summed E-state index contributed by atoms with van der Waals surface area (Å²) >= 11 is 0. The van der Waals surface area contributed by atoms with Gasteiger partial charge in [0.2, 0.25) is 11.8 Å². The second-order valence-corrected chi connectivity index (χ2v) is 7.45. The van der Waals surface area contributed by atoms with Gasteiger partial charge in [0, 0.05) is 30.5 Å². The van der Waals surface area contributed by atoms with E-state index >= 15 is 0 Å². The number of anilines is 1. The predicted octanol–water partition coefficient (Wildman–Crippen LogP) is 3.62. The van der Waals surface area contributed by atoms with Gasteiger partial charge in [-0.25, -0.2) is 0 Å². The molecule has 2 aromatic carbocycles. The molecule has 0 spiro atoms. The summed E-state index contributed by atoms with van der Waals surface area (Å²) in [5, 5.41) is 12.2. The van der Waals surface area contributed by atoms with Gasteiger partial charge in [-0.2, -0.15) is 10.1 Å². The Morgan fingerprint density at radius 3 is 3.03 bits per heavy atom. The number of carbonyl (C=O) groups is 1. The van der Waals surface area contributed by atoms with Crippen molar-refractivity contribution in [3.8, 4) is 0 Å². The summed E-state index contributed by atoms with van der Waals surface area (Å²) in [5.74, 6) is 1.17. The maximum absolute atomic E-state index is 12.6. The van der Waals surface area contributed by atoms with Gasteiger partial charge in [-0.05, 0) is 35.7 Å². The molecule has 5 rings (SSSR count). The first-order valence-corrected chi connectivity index (χ1v) is 9.83. The highest BCUT2D eigenvalue weighted by atomic mass is 16.5. The second-order valence-electron chi connectivity index (χ2n) is 7.45. The Kier molecular flexibility index (Phi) is 4.35. The van der Waals surface area contributed by atoms with Gasteiger partial charge in [0.05, 0.1) is 17.6 Å². The first kappa shape index (κ1) is 17.6. The molecule has 3 heterocycles. The fourth-order valence-corrected chi connectivity index (χ4v) is 3.85. The maximum Gasteiger partial charge on any atom is 0.232 e. The largest absolute Gasteiger partial charge is 0.339 e. The van der Waals surface area contributed by atoms with Crippen molar-refractivity contribution < 1.29 is 9.32 Å². The van der Waals surface area contributed by atoms with E-state index in [1.165, 1.54) is 5.56 Å². The summed E-state index contributed by atoms with van der Waals surface area (Å²) in [6, 6.07) is 14.2. The molecule has 1 amide bonds. The standard InChI is InChI=1S/C22H21N5O2/c1-2-14-4-3-5-18(8-14)27-13-17(11-21(27)28)22-24-20(26-29-22)10-15-6-7-16-12-23-25-19(16)9-15/h3-9,12,17H,2,10-11,13H2,1H3,(H,23,25). The lowest BCUT2D eigenvalue weighted by molar-refractivity contribution is -0.117. The number of amides is 1. The Balaban J connectivity index is 1.31. The van der Waals surface area contributed by atoms with Crippen LogP contribution in [0.2, 0.25) is 0 Å². The molecule has 1 unspecified atom stereocenters. The molecule has 1 N–H and O–H groups in total. The Morgan fingerprint density at radius 2 is 2.14 bits per heavy atom. The lowest BCUT2D eigenvalue weighted by Gasteiger charge is -2.16. The second kappa shape index (κ2) is 7.16. The Hall–Kier alpha value is -3.48. The Morgan fingerprint density at radius 1 is 1.21 bits per heavy atom. The molecule has 1 aliphatic rings. The zero-order valence-corrected chi connectivity index (χ0v) is 16.1. The first-order valence-electron chi connectivity index (χ1n) is 9.83. The third-order valence-corrected chi connectivity index (χ3v) is 5.46. The van der Waals surface area contributed by atoms with Gasteiger partial charge in [0.1, 0.15) is 0 Å². The number of aryl methyl sites for hydroxylation is 1. The van der Waals surface area contributed by atoms with E-state index in [-0.39, 0.29) is 11.8 Å². The van der Waals surface area contributed by atoms with Crippen molar-refractivity contribution in [3.63, 3.8) is 0 Å². The first-order chi connectivity index (χ1) is 14.2. The summed E-state index contributed by atoms with van der Waals surface area (Å²) in [6.07, 6.45) is 3.70. The average molecular weight is 387 g/mol. The fourth-order valence-electron chi connectivity index (χ4n) is 3.85. The number of nitrogens with one attached hydrogen (secondary N) is 1. The summed E-state index contributed by atoms with van der Waals surface area (Å²) < 4.78 is 5.51. The van der Waals surface area contributed by atoms with Crippen LogP contribution in [0.4, 0.5) is 5.69 Å². The number of fused-ring (bicyclic) bond motifs is 1. The number of hydrogen-bond donors (Lipinski definition) is 1. The summed E-state index contributed by atoms with van der Waals surface area (Å²) in [4.78, 5) is 19.0. The molecule has 0 saturated carbocycles. The van der Waals surface area contributed by atoms with Crippen molar-refractivity contribution in [3.05, 3.63) is 71.5 Å². The molecule has 4 aromatic rings. The average Bonchev–Trinajstić information content (AvgIpc) is 3.47. The van der Waals surface area contributed by atoms with Crippen LogP contribution in [0.3, 0.4) is 0 Å². The number of hydrogen-bond acceptors (Lipinski definition) is 5. The molecule has 29 heavy (non-hydrogen) atoms. The molecule has 1 saturated heterocycles.